The Morgan fingerprint density at radius 3 is 2.71 bits per heavy atom. The van der Waals surface area contributed by atoms with Crippen molar-refractivity contribution in [1.29, 1.82) is 0 Å². The second-order valence-electron chi connectivity index (χ2n) is 7.59. The quantitative estimate of drug-likeness (QED) is 0.723. The number of benzene rings is 2. The maximum Gasteiger partial charge on any atom is 0.220 e. The Morgan fingerprint density at radius 1 is 1.00 bits per heavy atom. The molecule has 0 aliphatic heterocycles. The van der Waals surface area contributed by atoms with E-state index in [0.717, 1.165) is 12.1 Å². The third kappa shape index (κ3) is 2.64. The molecule has 5 rings (SSSR count). The number of aryl methyl sites for hydroxylation is 1. The first-order valence-electron chi connectivity index (χ1n) is 9.65. The van der Waals surface area contributed by atoms with Crippen LogP contribution in [0.4, 0.5) is 5.95 Å². The number of anilines is 1. The Hall–Kier alpha value is -3.27. The highest BCUT2D eigenvalue weighted by Crippen LogP contribution is 2.40. The van der Waals surface area contributed by atoms with Gasteiger partial charge in [-0.2, -0.15) is 0 Å². The fourth-order valence-electron chi connectivity index (χ4n) is 4.64. The average molecular weight is 367 g/mol. The third-order valence-electron chi connectivity index (χ3n) is 5.84. The fourth-order valence-corrected chi connectivity index (χ4v) is 4.64. The molecule has 28 heavy (non-hydrogen) atoms. The maximum atomic E-state index is 12.9. The summed E-state index contributed by atoms with van der Waals surface area (Å²) in [6, 6.07) is 14.9. The third-order valence-corrected chi connectivity index (χ3v) is 5.84. The van der Waals surface area contributed by atoms with Crippen LogP contribution in [0.3, 0.4) is 0 Å². The summed E-state index contributed by atoms with van der Waals surface area (Å²) >= 11 is 0. The minimum Gasteiger partial charge on any atom is -0.368 e. The van der Waals surface area contributed by atoms with E-state index in [2.05, 4.69) is 64.6 Å². The zero-order valence-corrected chi connectivity index (χ0v) is 15.8. The molecular weight excluding hydrogens is 346 g/mol. The van der Waals surface area contributed by atoms with Crippen LogP contribution in [0.15, 0.2) is 48.5 Å². The molecule has 0 bridgehead atoms. The number of ketones is 1. The van der Waals surface area contributed by atoms with Gasteiger partial charge in [0.15, 0.2) is 5.78 Å². The number of carbonyl (C=O) groups is 1. The smallest absolute Gasteiger partial charge is 0.220 e. The van der Waals surface area contributed by atoms with Crippen LogP contribution in [0.1, 0.15) is 50.8 Å². The minimum atomic E-state index is 0.0890. The molecule has 0 amide bonds. The molecule has 2 N–H and O–H groups in total. The summed E-state index contributed by atoms with van der Waals surface area (Å²) in [5, 5.41) is 0. The predicted molar refractivity (Wildman–Crippen MR) is 111 cm³/mol. The summed E-state index contributed by atoms with van der Waals surface area (Å²) in [7, 11) is 0. The van der Waals surface area contributed by atoms with E-state index in [1.54, 1.807) is 0 Å². The molecule has 138 valence electrons. The summed E-state index contributed by atoms with van der Waals surface area (Å²) in [5.74, 6) is 0.437. The number of Topliss-reactive ketones (excluding diaryl/α,β-unsaturated/α-hetero) is 1. The molecule has 0 radical (unpaired) electrons. The molecule has 1 heterocycles. The van der Waals surface area contributed by atoms with Gasteiger partial charge >= 0.3 is 0 Å². The lowest BCUT2D eigenvalue weighted by molar-refractivity contribution is 0.0962. The van der Waals surface area contributed by atoms with Gasteiger partial charge in [0.05, 0.1) is 17.0 Å². The lowest BCUT2D eigenvalue weighted by Crippen LogP contribution is -2.23. The maximum absolute atomic E-state index is 12.9. The first kappa shape index (κ1) is 16.9. The highest BCUT2D eigenvalue weighted by Gasteiger charge is 2.31. The second-order valence-corrected chi connectivity index (χ2v) is 7.59. The summed E-state index contributed by atoms with van der Waals surface area (Å²) in [5.41, 5.74) is 14.3. The average Bonchev–Trinajstić information content (AvgIpc) is 3.16. The van der Waals surface area contributed by atoms with Crippen molar-refractivity contribution < 1.29 is 4.79 Å². The van der Waals surface area contributed by atoms with E-state index in [-0.39, 0.29) is 17.6 Å². The van der Waals surface area contributed by atoms with Crippen LogP contribution in [0.25, 0.3) is 17.2 Å². The molecule has 0 saturated carbocycles. The lowest BCUT2D eigenvalue weighted by Gasteiger charge is -2.26. The number of carbonyl (C=O) groups excluding carboxylic acids is 1. The molecule has 2 aliphatic carbocycles. The van der Waals surface area contributed by atoms with E-state index in [4.69, 9.17) is 5.73 Å². The van der Waals surface area contributed by atoms with E-state index < -0.39 is 0 Å². The monoisotopic (exact) mass is 367 g/mol. The number of rotatable bonds is 2. The van der Waals surface area contributed by atoms with Crippen LogP contribution in [0.5, 0.6) is 0 Å². The fraction of sp³-hybridized carbons (Fsp3) is 0.208. The Bertz CT molecular complexity index is 1150. The summed E-state index contributed by atoms with van der Waals surface area (Å²) in [6.07, 6.45) is 6.58. The Morgan fingerprint density at radius 2 is 1.82 bits per heavy atom. The molecule has 0 spiro atoms. The molecule has 1 atom stereocenters. The van der Waals surface area contributed by atoms with Gasteiger partial charge in [-0.15, -0.1) is 0 Å². The van der Waals surface area contributed by atoms with Crippen molar-refractivity contribution in [2.24, 2.45) is 0 Å². The Labute approximate surface area is 164 Å². The minimum absolute atomic E-state index is 0.0890. The van der Waals surface area contributed by atoms with Gasteiger partial charge in [-0.25, -0.2) is 9.97 Å². The number of nitrogen functional groups attached to an aromatic ring is 1. The molecule has 3 aromatic rings. The van der Waals surface area contributed by atoms with Crippen molar-refractivity contribution in [1.82, 2.24) is 9.97 Å². The number of nitrogens with zero attached hydrogens (tertiary/aromatic N) is 2. The molecule has 2 aromatic carbocycles. The van der Waals surface area contributed by atoms with Gasteiger partial charge in [0, 0.05) is 6.42 Å². The van der Waals surface area contributed by atoms with Crippen LogP contribution in [0, 0.1) is 6.92 Å². The first-order chi connectivity index (χ1) is 13.6. The van der Waals surface area contributed by atoms with E-state index >= 15 is 0 Å². The lowest BCUT2D eigenvalue weighted by atomic mass is 9.78. The van der Waals surface area contributed by atoms with Gasteiger partial charge < -0.3 is 5.73 Å². The number of hydrogen-bond donors (Lipinski definition) is 1. The van der Waals surface area contributed by atoms with Crippen molar-refractivity contribution in [3.05, 3.63) is 82.2 Å². The van der Waals surface area contributed by atoms with E-state index in [1.807, 2.05) is 6.92 Å². The summed E-state index contributed by atoms with van der Waals surface area (Å²) in [4.78, 5) is 21.5. The summed E-state index contributed by atoms with van der Waals surface area (Å²) in [6.45, 7) is 1.84. The van der Waals surface area contributed by atoms with Gasteiger partial charge in [0.2, 0.25) is 5.95 Å². The van der Waals surface area contributed by atoms with Crippen LogP contribution in [-0.4, -0.2) is 15.8 Å². The van der Waals surface area contributed by atoms with Gasteiger partial charge in [-0.3, -0.25) is 4.79 Å². The second kappa shape index (κ2) is 6.41. The van der Waals surface area contributed by atoms with Crippen LogP contribution < -0.4 is 5.73 Å². The number of nitrogens with two attached hydrogens (primary N) is 1. The standard InChI is InChI=1S/C24H21N3O/c1-14-23-21(27-24(25)26-14)12-16(13-22(23)28)18-8-2-3-9-19(18)20-11-5-7-15-6-4-10-17(15)20/h2-5,7-11,16H,6,12-13H2,1H3,(H2,25,26,27). The number of allylic oxidation sites excluding steroid dienone is 1. The van der Waals surface area contributed by atoms with E-state index in [9.17, 15) is 4.79 Å². The van der Waals surface area contributed by atoms with Crippen LogP contribution in [0.2, 0.25) is 0 Å². The van der Waals surface area contributed by atoms with Crippen molar-refractivity contribution in [2.75, 3.05) is 5.73 Å². The SMILES string of the molecule is Cc1nc(N)nc2c1C(=O)CC(c1ccccc1-c1cccc3c1C=CC3)C2. The van der Waals surface area contributed by atoms with Crippen molar-refractivity contribution in [3.8, 4) is 11.1 Å². The first-order valence-corrected chi connectivity index (χ1v) is 9.65. The van der Waals surface area contributed by atoms with Crippen molar-refractivity contribution in [3.63, 3.8) is 0 Å². The Kier molecular flexibility index (Phi) is 3.86. The van der Waals surface area contributed by atoms with Gasteiger partial charge in [-0.05, 0) is 53.5 Å². The normalized spacial score (nSPS) is 17.5. The van der Waals surface area contributed by atoms with Crippen molar-refractivity contribution >= 4 is 17.8 Å². The number of fused-ring (bicyclic) bond motifs is 2. The highest BCUT2D eigenvalue weighted by molar-refractivity contribution is 6.00. The molecule has 1 unspecified atom stereocenters. The van der Waals surface area contributed by atoms with Crippen LogP contribution in [-0.2, 0) is 12.8 Å². The predicted octanol–water partition coefficient (Wildman–Crippen LogP) is 4.52. The van der Waals surface area contributed by atoms with E-state index in [1.165, 1.54) is 27.8 Å². The molecule has 0 saturated heterocycles. The van der Waals surface area contributed by atoms with Crippen LogP contribution >= 0.6 is 0 Å². The van der Waals surface area contributed by atoms with Gasteiger partial charge in [0.25, 0.3) is 0 Å². The largest absolute Gasteiger partial charge is 0.368 e. The van der Waals surface area contributed by atoms with Gasteiger partial charge in [0.1, 0.15) is 0 Å². The zero-order chi connectivity index (χ0) is 19.3. The van der Waals surface area contributed by atoms with Gasteiger partial charge in [-0.1, -0.05) is 54.6 Å². The zero-order valence-electron chi connectivity index (χ0n) is 15.8. The molecule has 1 aromatic heterocycles. The Balaban J connectivity index is 1.62. The molecular formula is C24H21N3O. The highest BCUT2D eigenvalue weighted by atomic mass is 16.1. The molecule has 2 aliphatic rings. The number of hydrogen-bond acceptors (Lipinski definition) is 4. The molecule has 4 nitrogen and oxygen atoms in total. The molecule has 0 fully saturated rings. The molecule has 4 heteroatoms. The summed E-state index contributed by atoms with van der Waals surface area (Å²) < 4.78 is 0. The van der Waals surface area contributed by atoms with Crippen molar-refractivity contribution in [2.45, 2.75) is 32.1 Å². The topological polar surface area (TPSA) is 68.9 Å². The number of aromatic nitrogens is 2. The van der Waals surface area contributed by atoms with E-state index in [0.29, 0.717) is 24.1 Å².